The number of rotatable bonds is 15. The Morgan fingerprint density at radius 1 is 0.800 bits per heavy atom. The zero-order valence-electron chi connectivity index (χ0n) is 32.5. The molecule has 4 bridgehead atoms. The lowest BCUT2D eigenvalue weighted by Crippen LogP contribution is -2.58. The van der Waals surface area contributed by atoms with Gasteiger partial charge in [0.25, 0.3) is 0 Å². The zero-order chi connectivity index (χ0) is 37.8. The molecule has 0 amide bonds. The molecule has 1 aromatic heterocycles. The third-order valence-corrected chi connectivity index (χ3v) is 13.1. The molecule has 4 saturated carbocycles. The first-order valence-corrected chi connectivity index (χ1v) is 20.9. The van der Waals surface area contributed by atoms with Crippen molar-refractivity contribution >= 4 is 11.6 Å². The van der Waals surface area contributed by atoms with Crippen molar-refractivity contribution in [2.45, 2.75) is 103 Å². The summed E-state index contributed by atoms with van der Waals surface area (Å²) in [6.45, 7) is 9.61. The van der Waals surface area contributed by atoms with Crippen molar-refractivity contribution in [1.29, 1.82) is 5.26 Å². The van der Waals surface area contributed by atoms with E-state index >= 15 is 0 Å². The number of hydrogen-bond acceptors (Lipinski definition) is 7. The highest BCUT2D eigenvalue weighted by Crippen LogP contribution is 2.55. The normalized spacial score (nSPS) is 23.1. The first kappa shape index (κ1) is 37.8. The fourth-order valence-electron chi connectivity index (χ4n) is 10.4. The summed E-state index contributed by atoms with van der Waals surface area (Å²) in [6, 6.07) is 20.7. The van der Waals surface area contributed by atoms with Crippen LogP contribution in [0.15, 0.2) is 67.0 Å². The Hall–Kier alpha value is -4.09. The fraction of sp³-hybridized carbons (Fsp3) is 0.489. The summed E-state index contributed by atoms with van der Waals surface area (Å²) in [6.07, 6.45) is 16.6. The molecule has 1 N–H and O–H groups in total. The van der Waals surface area contributed by atoms with Gasteiger partial charge in [0.05, 0.1) is 17.2 Å². The molecule has 5 aliphatic rings. The van der Waals surface area contributed by atoms with Gasteiger partial charge in [-0.15, -0.1) is 0 Å². The average Bonchev–Trinajstić information content (AvgIpc) is 3.18. The van der Waals surface area contributed by atoms with E-state index in [4.69, 9.17) is 25.8 Å². The number of nitrogens with zero attached hydrogens (tertiary/aromatic N) is 3. The molecule has 9 rings (SSSR count). The minimum atomic E-state index is 0.290. The predicted octanol–water partition coefficient (Wildman–Crippen LogP) is 10.4. The molecular weight excluding hydrogens is 704 g/mol. The third kappa shape index (κ3) is 8.83. The lowest BCUT2D eigenvalue weighted by Gasteiger charge is -2.57. The third-order valence-electron chi connectivity index (χ3n) is 12.8. The van der Waals surface area contributed by atoms with E-state index in [2.05, 4.69) is 71.5 Å². The number of nitriles is 1. The summed E-state index contributed by atoms with van der Waals surface area (Å²) in [5, 5.41) is 13.9. The molecule has 7 nitrogen and oxygen atoms in total. The molecular formula is C47H55ClN4O3. The van der Waals surface area contributed by atoms with E-state index in [9.17, 15) is 5.26 Å². The van der Waals surface area contributed by atoms with Gasteiger partial charge in [-0.2, -0.15) is 5.26 Å². The van der Waals surface area contributed by atoms with Crippen molar-refractivity contribution in [3.05, 3.63) is 105 Å². The molecule has 1 saturated heterocycles. The van der Waals surface area contributed by atoms with Crippen LogP contribution in [-0.4, -0.2) is 41.7 Å². The van der Waals surface area contributed by atoms with Crippen molar-refractivity contribution in [3.63, 3.8) is 0 Å². The van der Waals surface area contributed by atoms with Crippen molar-refractivity contribution < 1.29 is 14.2 Å². The summed E-state index contributed by atoms with van der Waals surface area (Å²) >= 11 is 6.92. The van der Waals surface area contributed by atoms with Crippen LogP contribution in [0.4, 0.5) is 0 Å². The van der Waals surface area contributed by atoms with Gasteiger partial charge in [0.1, 0.15) is 36.5 Å². The van der Waals surface area contributed by atoms with Crippen LogP contribution < -0.4 is 19.5 Å². The number of aromatic nitrogens is 1. The first-order valence-electron chi connectivity index (χ1n) is 20.6. The molecule has 8 heteroatoms. The molecule has 288 valence electrons. The van der Waals surface area contributed by atoms with Crippen molar-refractivity contribution in [2.75, 3.05) is 26.2 Å². The minimum absolute atomic E-state index is 0.290. The largest absolute Gasteiger partial charge is 0.493 e. The lowest BCUT2D eigenvalue weighted by molar-refractivity contribution is -0.0198. The van der Waals surface area contributed by atoms with Gasteiger partial charge >= 0.3 is 0 Å². The van der Waals surface area contributed by atoms with Gasteiger partial charge in [-0.1, -0.05) is 48.4 Å². The minimum Gasteiger partial charge on any atom is -0.493 e. The van der Waals surface area contributed by atoms with Gasteiger partial charge in [-0.3, -0.25) is 9.88 Å². The molecule has 0 spiro atoms. The molecule has 0 radical (unpaired) electrons. The number of piperidine rings is 1. The van der Waals surface area contributed by atoms with Crippen LogP contribution in [0.3, 0.4) is 0 Å². The second kappa shape index (κ2) is 17.0. The van der Waals surface area contributed by atoms with Gasteiger partial charge in [-0.05, 0) is 155 Å². The van der Waals surface area contributed by atoms with Crippen LogP contribution >= 0.6 is 11.6 Å². The summed E-state index contributed by atoms with van der Waals surface area (Å²) in [5.41, 5.74) is 8.54. The van der Waals surface area contributed by atoms with E-state index in [1.807, 2.05) is 18.2 Å². The van der Waals surface area contributed by atoms with Gasteiger partial charge in [0.2, 0.25) is 0 Å². The Kier molecular flexibility index (Phi) is 11.7. The maximum atomic E-state index is 9.36. The number of halogens is 1. The van der Waals surface area contributed by atoms with Crippen molar-refractivity contribution in [2.24, 2.45) is 17.8 Å². The molecule has 55 heavy (non-hydrogen) atoms. The van der Waals surface area contributed by atoms with Crippen LogP contribution in [0, 0.1) is 42.9 Å². The van der Waals surface area contributed by atoms with E-state index in [1.165, 1.54) is 74.5 Å². The summed E-state index contributed by atoms with van der Waals surface area (Å²) in [7, 11) is 0. The number of ether oxygens (including phenoxy) is 3. The van der Waals surface area contributed by atoms with Crippen molar-refractivity contribution in [3.8, 4) is 34.4 Å². The van der Waals surface area contributed by atoms with Gasteiger partial charge in [0, 0.05) is 41.7 Å². The molecule has 2 heterocycles. The standard InChI is InChI=1S/C47H55ClN4O3/c1-32-39(31-55-46-22-45(54-30-38-20-37(26-49)27-50-28-38)40(21-43(46)48)29-52-14-4-3-5-15-52)9-6-10-41(32)42-11-7-12-44(33(42)2)53-16-8-13-51-47-23-34-17-35(24-47)19-36(18-34)25-47/h6-7,9-12,20-22,27-28,34-36,51H,3-5,8,13-19,23-25,29-31H2,1-2H3. The lowest BCUT2D eigenvalue weighted by atomic mass is 9.53. The van der Waals surface area contributed by atoms with Crippen LogP contribution in [0.1, 0.15) is 97.6 Å². The molecule has 1 aliphatic heterocycles. The van der Waals surface area contributed by atoms with Crippen LogP contribution in [-0.2, 0) is 19.8 Å². The highest BCUT2D eigenvalue weighted by atomic mass is 35.5. The van der Waals surface area contributed by atoms with E-state index in [0.29, 0.717) is 41.7 Å². The Balaban J connectivity index is 0.921. The Morgan fingerprint density at radius 3 is 2.25 bits per heavy atom. The Morgan fingerprint density at radius 2 is 1.51 bits per heavy atom. The summed E-state index contributed by atoms with van der Waals surface area (Å²) in [4.78, 5) is 6.66. The molecule has 5 fully saturated rings. The van der Waals surface area contributed by atoms with E-state index in [0.717, 1.165) is 84.1 Å². The number of benzene rings is 3. The zero-order valence-corrected chi connectivity index (χ0v) is 33.3. The predicted molar refractivity (Wildman–Crippen MR) is 219 cm³/mol. The van der Waals surface area contributed by atoms with Crippen LogP contribution in [0.2, 0.25) is 5.02 Å². The van der Waals surface area contributed by atoms with Gasteiger partial charge in [0.15, 0.2) is 0 Å². The van der Waals surface area contributed by atoms with Crippen molar-refractivity contribution in [1.82, 2.24) is 15.2 Å². The molecule has 4 aromatic rings. The fourth-order valence-corrected chi connectivity index (χ4v) is 10.6. The SMILES string of the molecule is Cc1c(COc2cc(OCc3cncc(C#N)c3)c(CN3CCCCC3)cc2Cl)cccc1-c1cccc(OCCCNC23CC4CC(CC(C4)C2)C3)c1C. The first-order chi connectivity index (χ1) is 26.8. The summed E-state index contributed by atoms with van der Waals surface area (Å²) in [5.74, 6) is 5.15. The number of pyridine rings is 1. The second-order valence-corrected chi connectivity index (χ2v) is 17.3. The Bertz CT molecular complexity index is 1980. The van der Waals surface area contributed by atoms with E-state index in [-0.39, 0.29) is 0 Å². The topological polar surface area (TPSA) is 79.6 Å². The van der Waals surface area contributed by atoms with Crippen LogP contribution in [0.25, 0.3) is 11.1 Å². The molecule has 4 aliphatic carbocycles. The van der Waals surface area contributed by atoms with Gasteiger partial charge < -0.3 is 19.5 Å². The average molecular weight is 759 g/mol. The van der Waals surface area contributed by atoms with Gasteiger partial charge in [-0.25, -0.2) is 0 Å². The maximum Gasteiger partial charge on any atom is 0.142 e. The summed E-state index contributed by atoms with van der Waals surface area (Å²) < 4.78 is 19.3. The Labute approximate surface area is 332 Å². The van der Waals surface area contributed by atoms with E-state index < -0.39 is 0 Å². The number of nitrogens with one attached hydrogen (secondary N) is 1. The molecule has 3 aromatic carbocycles. The maximum absolute atomic E-state index is 9.36. The number of hydrogen-bond donors (Lipinski definition) is 1. The number of likely N-dealkylation sites (tertiary alicyclic amines) is 1. The van der Waals surface area contributed by atoms with E-state index in [1.54, 1.807) is 12.4 Å². The quantitative estimate of drug-likeness (QED) is 0.121. The highest BCUT2D eigenvalue weighted by Gasteiger charge is 2.50. The molecule has 0 unspecified atom stereocenters. The second-order valence-electron chi connectivity index (χ2n) is 16.8. The monoisotopic (exact) mass is 758 g/mol. The smallest absolute Gasteiger partial charge is 0.142 e. The highest BCUT2D eigenvalue weighted by molar-refractivity contribution is 6.32. The molecule has 0 atom stereocenters. The van der Waals surface area contributed by atoms with Crippen LogP contribution in [0.5, 0.6) is 17.2 Å².